The standard InChI is InChI=1S/C24H12Br2O2/c25-19-9-13-7-17-18(8-14(13)10-20(19)26)22-16-6-12-4-2-1-3-11(12)5-15(16)21(17)23(27)24(22)28/h1-10,21-22H. The molecule has 2 nitrogen and oxygen atoms in total. The molecule has 0 amide bonds. The van der Waals surface area contributed by atoms with E-state index < -0.39 is 11.8 Å². The molecule has 0 radical (unpaired) electrons. The number of ketones is 2. The SMILES string of the molecule is O=C1C(=O)C2c3cc4ccccc4cc3C1c1cc3cc(Br)c(Br)cc3cc12. The van der Waals surface area contributed by atoms with E-state index >= 15 is 0 Å². The highest BCUT2D eigenvalue weighted by molar-refractivity contribution is 9.13. The summed E-state index contributed by atoms with van der Waals surface area (Å²) in [6.07, 6.45) is 0. The lowest BCUT2D eigenvalue weighted by Crippen LogP contribution is -2.40. The molecule has 4 aromatic rings. The molecule has 28 heavy (non-hydrogen) atoms. The maximum absolute atomic E-state index is 12.9. The van der Waals surface area contributed by atoms with Gasteiger partial charge in [-0.2, -0.15) is 0 Å². The molecule has 0 saturated heterocycles. The molecule has 4 heteroatoms. The summed E-state index contributed by atoms with van der Waals surface area (Å²) < 4.78 is 1.93. The van der Waals surface area contributed by atoms with Crippen molar-refractivity contribution in [3.63, 3.8) is 0 Å². The molecule has 7 rings (SSSR count). The van der Waals surface area contributed by atoms with Crippen molar-refractivity contribution in [2.24, 2.45) is 0 Å². The van der Waals surface area contributed by atoms with Gasteiger partial charge in [0, 0.05) is 8.95 Å². The fourth-order valence-corrected chi connectivity index (χ4v) is 5.51. The fourth-order valence-electron chi connectivity index (χ4n) is 4.79. The van der Waals surface area contributed by atoms with Crippen LogP contribution in [0.5, 0.6) is 0 Å². The van der Waals surface area contributed by atoms with E-state index in [1.54, 1.807) is 0 Å². The lowest BCUT2D eigenvalue weighted by Gasteiger charge is -2.38. The second kappa shape index (κ2) is 5.62. The molecular formula is C24H12Br2O2. The van der Waals surface area contributed by atoms with Gasteiger partial charge in [0.15, 0.2) is 0 Å². The summed E-state index contributed by atoms with van der Waals surface area (Å²) in [6, 6.07) is 20.6. The summed E-state index contributed by atoms with van der Waals surface area (Å²) in [5.41, 5.74) is 3.91. The molecule has 2 unspecified atom stereocenters. The minimum Gasteiger partial charge on any atom is -0.290 e. The highest BCUT2D eigenvalue weighted by atomic mass is 79.9. The number of Topliss-reactive ketones (excluding diaryl/α,β-unsaturated/α-hetero) is 2. The van der Waals surface area contributed by atoms with Gasteiger partial charge >= 0.3 is 0 Å². The Morgan fingerprint density at radius 1 is 0.536 bits per heavy atom. The van der Waals surface area contributed by atoms with Gasteiger partial charge in [-0.25, -0.2) is 0 Å². The molecule has 3 aliphatic rings. The summed E-state index contributed by atoms with van der Waals surface area (Å²) in [5, 5.41) is 4.32. The first-order valence-electron chi connectivity index (χ1n) is 9.06. The Morgan fingerprint density at radius 3 is 1.29 bits per heavy atom. The first-order valence-corrected chi connectivity index (χ1v) is 10.6. The van der Waals surface area contributed by atoms with Crippen LogP contribution in [0.25, 0.3) is 21.5 Å². The van der Waals surface area contributed by atoms with Crippen molar-refractivity contribution in [2.75, 3.05) is 0 Å². The molecule has 0 heterocycles. The number of hydrogen-bond acceptors (Lipinski definition) is 2. The lowest BCUT2D eigenvalue weighted by atomic mass is 9.62. The average Bonchev–Trinajstić information content (AvgIpc) is 2.68. The normalized spacial score (nSPS) is 19.9. The van der Waals surface area contributed by atoms with Gasteiger partial charge in [0.25, 0.3) is 0 Å². The Labute approximate surface area is 177 Å². The van der Waals surface area contributed by atoms with Gasteiger partial charge in [-0.05, 0) is 112 Å². The molecule has 0 saturated carbocycles. The van der Waals surface area contributed by atoms with Gasteiger partial charge in [0.05, 0.1) is 11.8 Å². The fraction of sp³-hybridized carbons (Fsp3) is 0.0833. The molecule has 2 bridgehead atoms. The van der Waals surface area contributed by atoms with Crippen LogP contribution >= 0.6 is 31.9 Å². The van der Waals surface area contributed by atoms with Crippen molar-refractivity contribution in [3.05, 3.63) is 91.9 Å². The van der Waals surface area contributed by atoms with Crippen LogP contribution in [0.1, 0.15) is 34.1 Å². The predicted molar refractivity (Wildman–Crippen MR) is 117 cm³/mol. The second-order valence-corrected chi connectivity index (χ2v) is 9.23. The highest BCUT2D eigenvalue weighted by Crippen LogP contribution is 2.51. The van der Waals surface area contributed by atoms with E-state index in [9.17, 15) is 9.59 Å². The van der Waals surface area contributed by atoms with Gasteiger partial charge < -0.3 is 0 Å². The molecule has 2 atom stereocenters. The van der Waals surface area contributed by atoms with Crippen molar-refractivity contribution in [1.82, 2.24) is 0 Å². The van der Waals surface area contributed by atoms with Crippen LogP contribution in [0, 0.1) is 0 Å². The van der Waals surface area contributed by atoms with E-state index in [-0.39, 0.29) is 11.6 Å². The third-order valence-electron chi connectivity index (χ3n) is 6.04. The Hall–Kier alpha value is -2.30. The zero-order valence-corrected chi connectivity index (χ0v) is 17.7. The summed E-state index contributed by atoms with van der Waals surface area (Å²) in [4.78, 5) is 25.9. The van der Waals surface area contributed by atoms with Gasteiger partial charge in [0.2, 0.25) is 11.6 Å². The summed E-state index contributed by atoms with van der Waals surface area (Å²) in [6.45, 7) is 0. The molecule has 4 aromatic carbocycles. The number of benzene rings is 4. The molecule has 0 aliphatic heterocycles. The molecule has 134 valence electrons. The van der Waals surface area contributed by atoms with Crippen LogP contribution in [0.3, 0.4) is 0 Å². The quantitative estimate of drug-likeness (QED) is 0.272. The average molecular weight is 492 g/mol. The number of rotatable bonds is 0. The number of carbonyl (C=O) groups excluding carboxylic acids is 2. The van der Waals surface area contributed by atoms with Gasteiger partial charge in [-0.1, -0.05) is 24.3 Å². The van der Waals surface area contributed by atoms with Crippen LogP contribution in [-0.2, 0) is 9.59 Å². The Kier molecular flexibility index (Phi) is 3.34. The van der Waals surface area contributed by atoms with E-state index in [0.29, 0.717) is 0 Å². The molecular weight excluding hydrogens is 480 g/mol. The van der Waals surface area contributed by atoms with Crippen molar-refractivity contribution in [3.8, 4) is 0 Å². The van der Waals surface area contributed by atoms with Crippen LogP contribution in [-0.4, -0.2) is 11.6 Å². The van der Waals surface area contributed by atoms with E-state index in [0.717, 1.165) is 52.7 Å². The van der Waals surface area contributed by atoms with E-state index in [2.05, 4.69) is 80.4 Å². The maximum Gasteiger partial charge on any atom is 0.211 e. The second-order valence-electron chi connectivity index (χ2n) is 7.52. The molecule has 0 aromatic heterocycles. The van der Waals surface area contributed by atoms with Crippen molar-refractivity contribution in [1.29, 1.82) is 0 Å². The van der Waals surface area contributed by atoms with Crippen molar-refractivity contribution < 1.29 is 9.59 Å². The molecule has 0 fully saturated rings. The molecule has 0 N–H and O–H groups in total. The molecule has 3 aliphatic carbocycles. The summed E-state index contributed by atoms with van der Waals surface area (Å²) in [5.74, 6) is -1.57. The lowest BCUT2D eigenvalue weighted by molar-refractivity contribution is -0.138. The van der Waals surface area contributed by atoms with E-state index in [1.807, 2.05) is 12.1 Å². The number of halogens is 2. The van der Waals surface area contributed by atoms with Crippen LogP contribution < -0.4 is 0 Å². The predicted octanol–water partition coefficient (Wildman–Crippen LogP) is 6.25. The largest absolute Gasteiger partial charge is 0.290 e. The summed E-state index contributed by atoms with van der Waals surface area (Å²) in [7, 11) is 0. The van der Waals surface area contributed by atoms with Crippen molar-refractivity contribution >= 4 is 65.0 Å². The first kappa shape index (κ1) is 16.6. The Balaban J connectivity index is 1.71. The Morgan fingerprint density at radius 2 is 0.893 bits per heavy atom. The number of hydrogen-bond donors (Lipinski definition) is 0. The van der Waals surface area contributed by atoms with Crippen LogP contribution in [0.15, 0.2) is 69.6 Å². The highest BCUT2D eigenvalue weighted by Gasteiger charge is 2.49. The van der Waals surface area contributed by atoms with Gasteiger partial charge in [-0.15, -0.1) is 0 Å². The smallest absolute Gasteiger partial charge is 0.211 e. The van der Waals surface area contributed by atoms with E-state index in [1.165, 1.54) is 0 Å². The first-order chi connectivity index (χ1) is 13.5. The third kappa shape index (κ3) is 2.08. The minimum absolute atomic E-state index is 0.282. The summed E-state index contributed by atoms with van der Waals surface area (Å²) >= 11 is 7.12. The van der Waals surface area contributed by atoms with Crippen LogP contribution in [0.2, 0.25) is 0 Å². The number of fused-ring (bicyclic) bond motifs is 3. The number of carbonyl (C=O) groups is 2. The Bertz CT molecular complexity index is 1280. The van der Waals surface area contributed by atoms with Crippen molar-refractivity contribution in [2.45, 2.75) is 11.8 Å². The third-order valence-corrected chi connectivity index (χ3v) is 7.89. The topological polar surface area (TPSA) is 34.1 Å². The minimum atomic E-state index is -0.501. The van der Waals surface area contributed by atoms with Gasteiger partial charge in [0.1, 0.15) is 0 Å². The zero-order chi connectivity index (χ0) is 19.2. The van der Waals surface area contributed by atoms with E-state index in [4.69, 9.17) is 0 Å². The molecule has 0 spiro atoms. The zero-order valence-electron chi connectivity index (χ0n) is 14.5. The monoisotopic (exact) mass is 490 g/mol. The van der Waals surface area contributed by atoms with Crippen LogP contribution in [0.4, 0.5) is 0 Å². The van der Waals surface area contributed by atoms with Gasteiger partial charge in [-0.3, -0.25) is 9.59 Å². The maximum atomic E-state index is 12.9.